The lowest BCUT2D eigenvalue weighted by atomic mass is 9.79. The van der Waals surface area contributed by atoms with Gasteiger partial charge >= 0.3 is 11.9 Å². The predicted octanol–water partition coefficient (Wildman–Crippen LogP) is 4.66. The Kier molecular flexibility index (Phi) is 9.77. The van der Waals surface area contributed by atoms with Crippen LogP contribution in [0.1, 0.15) is 37.3 Å². The van der Waals surface area contributed by atoms with Gasteiger partial charge in [-0.1, -0.05) is 42.5 Å². The minimum Gasteiger partial charge on any atom is -0.478 e. The van der Waals surface area contributed by atoms with Crippen molar-refractivity contribution in [3.63, 3.8) is 0 Å². The Morgan fingerprint density at radius 2 is 1.58 bits per heavy atom. The van der Waals surface area contributed by atoms with E-state index in [1.807, 2.05) is 37.4 Å². The standard InChI is InChI=1S/C26H29N3O6.ClH/c1-17-22(25(30)31)24(20-11-7-12-21(15-20)29(34)35)23(26(32)33)18(2)28(17)14-8-13-27(3)16-19-9-5-4-6-10-19;/h4-7,9-12,15,24H,8,13-14,16H2,1-3H3,(H,30,31)(H,32,33);1H. The third-order valence-corrected chi connectivity index (χ3v) is 6.26. The van der Waals surface area contributed by atoms with Gasteiger partial charge in [0.25, 0.3) is 5.69 Å². The maximum atomic E-state index is 12.3. The molecule has 2 N–H and O–H groups in total. The molecule has 1 heterocycles. The zero-order valence-corrected chi connectivity index (χ0v) is 21.2. The molecule has 36 heavy (non-hydrogen) atoms. The molecule has 0 bridgehead atoms. The van der Waals surface area contributed by atoms with Crippen LogP contribution in [0.4, 0.5) is 5.69 Å². The van der Waals surface area contributed by atoms with Gasteiger partial charge < -0.3 is 20.0 Å². The fraction of sp³-hybridized carbons (Fsp3) is 0.308. The summed E-state index contributed by atoms with van der Waals surface area (Å²) in [5.41, 5.74) is 1.90. The molecule has 9 nitrogen and oxygen atoms in total. The van der Waals surface area contributed by atoms with Crippen LogP contribution in [0.5, 0.6) is 0 Å². The Labute approximate surface area is 215 Å². The Hall–Kier alpha value is -3.69. The summed E-state index contributed by atoms with van der Waals surface area (Å²) in [7, 11) is 2.00. The van der Waals surface area contributed by atoms with E-state index < -0.39 is 22.8 Å². The average Bonchev–Trinajstić information content (AvgIpc) is 2.81. The van der Waals surface area contributed by atoms with Gasteiger partial charge in [-0.15, -0.1) is 12.4 Å². The number of non-ortho nitro benzene ring substituents is 1. The third kappa shape index (κ3) is 6.30. The van der Waals surface area contributed by atoms with Crippen molar-refractivity contribution in [3.8, 4) is 0 Å². The molecular formula is C26H30ClN3O6. The molecule has 0 radical (unpaired) electrons. The number of rotatable bonds is 10. The molecule has 0 saturated heterocycles. The van der Waals surface area contributed by atoms with Crippen molar-refractivity contribution < 1.29 is 24.7 Å². The molecule has 3 rings (SSSR count). The first kappa shape index (κ1) is 28.5. The van der Waals surface area contributed by atoms with Crippen LogP contribution in [0.3, 0.4) is 0 Å². The van der Waals surface area contributed by atoms with Gasteiger partial charge in [-0.3, -0.25) is 10.1 Å². The first-order chi connectivity index (χ1) is 16.6. The molecule has 0 atom stereocenters. The van der Waals surface area contributed by atoms with Gasteiger partial charge in [0.2, 0.25) is 0 Å². The molecule has 192 valence electrons. The molecular weight excluding hydrogens is 486 g/mol. The highest BCUT2D eigenvalue weighted by molar-refractivity contribution is 5.98. The second-order valence-corrected chi connectivity index (χ2v) is 8.62. The van der Waals surface area contributed by atoms with E-state index in [4.69, 9.17) is 0 Å². The van der Waals surface area contributed by atoms with Crippen LogP contribution in [0.25, 0.3) is 0 Å². The summed E-state index contributed by atoms with van der Waals surface area (Å²) in [5.74, 6) is -3.63. The fourth-order valence-corrected chi connectivity index (χ4v) is 4.62. The molecule has 2 aromatic rings. The van der Waals surface area contributed by atoms with Gasteiger partial charge in [0.05, 0.1) is 22.0 Å². The van der Waals surface area contributed by atoms with Crippen molar-refractivity contribution in [1.29, 1.82) is 0 Å². The number of hydrogen-bond acceptors (Lipinski definition) is 6. The van der Waals surface area contributed by atoms with Gasteiger partial charge in [0.15, 0.2) is 0 Å². The summed E-state index contributed by atoms with van der Waals surface area (Å²) in [6.07, 6.45) is 0.680. The third-order valence-electron chi connectivity index (χ3n) is 6.26. The lowest BCUT2D eigenvalue weighted by Gasteiger charge is -2.37. The number of allylic oxidation sites excluding steroid dienone is 2. The summed E-state index contributed by atoms with van der Waals surface area (Å²) in [4.78, 5) is 39.2. The van der Waals surface area contributed by atoms with E-state index in [1.165, 1.54) is 29.8 Å². The summed E-state index contributed by atoms with van der Waals surface area (Å²) in [6, 6.07) is 15.5. The van der Waals surface area contributed by atoms with E-state index in [1.54, 1.807) is 18.7 Å². The normalized spacial score (nSPS) is 14.2. The van der Waals surface area contributed by atoms with E-state index in [0.717, 1.165) is 13.1 Å². The molecule has 0 fully saturated rings. The fourth-order valence-electron chi connectivity index (χ4n) is 4.62. The number of carbonyl (C=O) groups is 2. The van der Waals surface area contributed by atoms with E-state index in [2.05, 4.69) is 4.90 Å². The first-order valence-electron chi connectivity index (χ1n) is 11.2. The average molecular weight is 516 g/mol. The predicted molar refractivity (Wildman–Crippen MR) is 138 cm³/mol. The molecule has 0 saturated carbocycles. The molecule has 1 aliphatic heterocycles. The van der Waals surface area contributed by atoms with E-state index in [0.29, 0.717) is 24.4 Å². The molecule has 2 aromatic carbocycles. The zero-order chi connectivity index (χ0) is 25.7. The van der Waals surface area contributed by atoms with Crippen molar-refractivity contribution in [1.82, 2.24) is 9.80 Å². The molecule has 0 spiro atoms. The molecule has 0 amide bonds. The van der Waals surface area contributed by atoms with Gasteiger partial charge in [0.1, 0.15) is 0 Å². The van der Waals surface area contributed by atoms with Crippen molar-refractivity contribution >= 4 is 30.0 Å². The number of hydrogen-bond donors (Lipinski definition) is 2. The number of halogens is 1. The van der Waals surface area contributed by atoms with Crippen LogP contribution < -0.4 is 0 Å². The lowest BCUT2D eigenvalue weighted by molar-refractivity contribution is -0.384. The quantitative estimate of drug-likeness (QED) is 0.346. The summed E-state index contributed by atoms with van der Waals surface area (Å²) >= 11 is 0. The number of carboxylic acid groups (broad SMARTS) is 2. The van der Waals surface area contributed by atoms with E-state index in [-0.39, 0.29) is 34.8 Å². The van der Waals surface area contributed by atoms with Gasteiger partial charge in [0, 0.05) is 36.6 Å². The van der Waals surface area contributed by atoms with Gasteiger partial charge in [-0.05, 0) is 45.0 Å². The monoisotopic (exact) mass is 515 g/mol. The van der Waals surface area contributed by atoms with Crippen molar-refractivity contribution in [2.24, 2.45) is 0 Å². The van der Waals surface area contributed by atoms with E-state index >= 15 is 0 Å². The van der Waals surface area contributed by atoms with Crippen LogP contribution in [-0.4, -0.2) is 57.0 Å². The van der Waals surface area contributed by atoms with E-state index in [9.17, 15) is 29.9 Å². The van der Waals surface area contributed by atoms with Crippen LogP contribution in [0, 0.1) is 10.1 Å². The molecule has 0 unspecified atom stereocenters. The summed E-state index contributed by atoms with van der Waals surface area (Å²) < 4.78 is 0. The van der Waals surface area contributed by atoms with Crippen LogP contribution in [0.15, 0.2) is 77.1 Å². The largest absolute Gasteiger partial charge is 0.478 e. The van der Waals surface area contributed by atoms with Crippen LogP contribution >= 0.6 is 12.4 Å². The van der Waals surface area contributed by atoms with Crippen molar-refractivity contribution in [2.75, 3.05) is 20.1 Å². The topological polar surface area (TPSA) is 124 Å². The SMILES string of the molecule is CC1=C(C(=O)O)C(c2cccc([N+](=O)[O-])c2)C(C(=O)O)=C(C)N1CCCN(C)Cc1ccccc1.Cl. The van der Waals surface area contributed by atoms with Crippen molar-refractivity contribution in [3.05, 3.63) is 98.4 Å². The number of nitrogens with zero attached hydrogens (tertiary/aromatic N) is 3. The molecule has 10 heteroatoms. The second kappa shape index (κ2) is 12.3. The van der Waals surface area contributed by atoms with Crippen molar-refractivity contribution in [2.45, 2.75) is 32.7 Å². The molecule has 0 aliphatic carbocycles. The number of carboxylic acids is 2. The number of benzene rings is 2. The summed E-state index contributed by atoms with van der Waals surface area (Å²) in [5, 5.41) is 31.4. The maximum Gasteiger partial charge on any atom is 0.334 e. The Morgan fingerprint density at radius 3 is 2.11 bits per heavy atom. The molecule has 1 aliphatic rings. The number of nitro benzene ring substituents is 1. The molecule has 0 aromatic heterocycles. The van der Waals surface area contributed by atoms with Crippen LogP contribution in [-0.2, 0) is 16.1 Å². The van der Waals surface area contributed by atoms with Crippen LogP contribution in [0.2, 0.25) is 0 Å². The smallest absolute Gasteiger partial charge is 0.334 e. The maximum absolute atomic E-state index is 12.3. The zero-order valence-electron chi connectivity index (χ0n) is 20.4. The highest BCUT2D eigenvalue weighted by Crippen LogP contribution is 2.42. The minimum absolute atomic E-state index is 0. The Morgan fingerprint density at radius 1 is 1.00 bits per heavy atom. The highest BCUT2D eigenvalue weighted by atomic mass is 35.5. The van der Waals surface area contributed by atoms with Gasteiger partial charge in [-0.2, -0.15) is 0 Å². The van der Waals surface area contributed by atoms with Gasteiger partial charge in [-0.25, -0.2) is 9.59 Å². The highest BCUT2D eigenvalue weighted by Gasteiger charge is 2.39. The number of aliphatic carboxylic acids is 2. The number of nitro groups is 1. The summed E-state index contributed by atoms with van der Waals surface area (Å²) in [6.45, 7) is 5.24. The second-order valence-electron chi connectivity index (χ2n) is 8.62. The Balaban J connectivity index is 0.00000456. The lowest BCUT2D eigenvalue weighted by Crippen LogP contribution is -2.35. The first-order valence-corrected chi connectivity index (χ1v) is 11.2. The minimum atomic E-state index is -1.25. The Bertz CT molecular complexity index is 1160.